The van der Waals surface area contributed by atoms with Crippen molar-refractivity contribution < 1.29 is 4.79 Å². The van der Waals surface area contributed by atoms with E-state index in [0.29, 0.717) is 17.6 Å². The van der Waals surface area contributed by atoms with Gasteiger partial charge in [-0.25, -0.2) is 9.97 Å². The summed E-state index contributed by atoms with van der Waals surface area (Å²) in [5, 5.41) is 0. The molecule has 1 aliphatic heterocycles. The maximum Gasteiger partial charge on any atom is 0.225 e. The van der Waals surface area contributed by atoms with Gasteiger partial charge < -0.3 is 9.80 Å². The average Bonchev–Trinajstić information content (AvgIpc) is 3.48. The molecule has 1 saturated carbocycles. The molecule has 2 aromatic rings. The highest BCUT2D eigenvalue weighted by molar-refractivity contribution is 5.81. The lowest BCUT2D eigenvalue weighted by Gasteiger charge is -2.23. The molecule has 2 aliphatic rings. The molecular weight excluding hydrogens is 314 g/mol. The van der Waals surface area contributed by atoms with Crippen molar-refractivity contribution in [1.82, 2.24) is 19.9 Å². The van der Waals surface area contributed by atoms with Gasteiger partial charge in [-0.05, 0) is 38.3 Å². The number of carbonyl (C=O) groups excluding carboxylic acids is 1. The molecule has 0 aromatic carbocycles. The maximum absolute atomic E-state index is 12.3. The van der Waals surface area contributed by atoms with Crippen LogP contribution in [0.1, 0.15) is 25.0 Å². The minimum atomic E-state index is 0.296. The molecule has 4 rings (SSSR count). The minimum Gasteiger partial charge on any atom is -0.355 e. The van der Waals surface area contributed by atoms with Gasteiger partial charge in [0.05, 0.1) is 0 Å². The van der Waals surface area contributed by atoms with Crippen molar-refractivity contribution in [2.24, 2.45) is 5.92 Å². The monoisotopic (exact) mass is 337 g/mol. The van der Waals surface area contributed by atoms with Crippen molar-refractivity contribution in [3.05, 3.63) is 36.3 Å². The van der Waals surface area contributed by atoms with E-state index >= 15 is 0 Å². The third kappa shape index (κ3) is 3.62. The Labute approximate surface area is 147 Å². The predicted octanol–water partition coefficient (Wildman–Crippen LogP) is 2.30. The molecule has 0 N–H and O–H groups in total. The Morgan fingerprint density at radius 3 is 2.80 bits per heavy atom. The number of nitrogens with zero attached hydrogens (tertiary/aromatic N) is 5. The lowest BCUT2D eigenvalue weighted by molar-refractivity contribution is -0.132. The fourth-order valence-corrected chi connectivity index (χ4v) is 3.29. The summed E-state index contributed by atoms with van der Waals surface area (Å²) in [5.41, 5.74) is 1.87. The van der Waals surface area contributed by atoms with E-state index in [1.54, 1.807) is 12.4 Å². The zero-order valence-electron chi connectivity index (χ0n) is 14.6. The molecule has 0 atom stereocenters. The normalized spacial score (nSPS) is 18.1. The Balaban J connectivity index is 1.53. The van der Waals surface area contributed by atoms with Crippen molar-refractivity contribution >= 4 is 11.7 Å². The number of pyridine rings is 1. The van der Waals surface area contributed by atoms with Gasteiger partial charge in [-0.1, -0.05) is 0 Å². The molecule has 0 unspecified atom stereocenters. The van der Waals surface area contributed by atoms with Crippen LogP contribution in [0.4, 0.5) is 5.82 Å². The van der Waals surface area contributed by atoms with E-state index in [2.05, 4.69) is 14.9 Å². The van der Waals surface area contributed by atoms with E-state index in [0.717, 1.165) is 62.5 Å². The van der Waals surface area contributed by atoms with Crippen LogP contribution in [0.25, 0.3) is 11.4 Å². The summed E-state index contributed by atoms with van der Waals surface area (Å²) < 4.78 is 0. The fraction of sp³-hybridized carbons (Fsp3) is 0.474. The first-order valence-corrected chi connectivity index (χ1v) is 9.00. The fourth-order valence-electron chi connectivity index (χ4n) is 3.29. The summed E-state index contributed by atoms with van der Waals surface area (Å²) in [6.45, 7) is 5.36. The van der Waals surface area contributed by atoms with E-state index < -0.39 is 0 Å². The largest absolute Gasteiger partial charge is 0.355 e. The van der Waals surface area contributed by atoms with Crippen LogP contribution in [0.5, 0.6) is 0 Å². The lowest BCUT2D eigenvalue weighted by Crippen LogP contribution is -2.36. The molecule has 130 valence electrons. The van der Waals surface area contributed by atoms with Gasteiger partial charge in [0.2, 0.25) is 5.91 Å². The highest BCUT2D eigenvalue weighted by Crippen LogP contribution is 2.31. The maximum atomic E-state index is 12.3. The molecule has 25 heavy (non-hydrogen) atoms. The summed E-state index contributed by atoms with van der Waals surface area (Å²) in [4.78, 5) is 30.1. The van der Waals surface area contributed by atoms with Crippen molar-refractivity contribution in [3.63, 3.8) is 0 Å². The Morgan fingerprint density at radius 1 is 1.16 bits per heavy atom. The van der Waals surface area contributed by atoms with Gasteiger partial charge >= 0.3 is 0 Å². The van der Waals surface area contributed by atoms with Gasteiger partial charge in [-0.15, -0.1) is 0 Å². The molecule has 0 bridgehead atoms. The summed E-state index contributed by atoms with van der Waals surface area (Å²) in [7, 11) is 0. The van der Waals surface area contributed by atoms with Crippen LogP contribution >= 0.6 is 0 Å². The Morgan fingerprint density at radius 2 is 2.04 bits per heavy atom. The number of aryl methyl sites for hydroxylation is 1. The highest BCUT2D eigenvalue weighted by Gasteiger charge is 2.34. The van der Waals surface area contributed by atoms with Gasteiger partial charge in [0.25, 0.3) is 0 Å². The second-order valence-corrected chi connectivity index (χ2v) is 6.87. The SMILES string of the molecule is Cc1cc(N2CCCN(C(=O)C3CC3)CC2)nc(-c2cccnc2)n1. The average molecular weight is 337 g/mol. The Kier molecular flexibility index (Phi) is 4.34. The van der Waals surface area contributed by atoms with Crippen molar-refractivity contribution in [1.29, 1.82) is 0 Å². The molecule has 0 spiro atoms. The Hall–Kier alpha value is -2.50. The lowest BCUT2D eigenvalue weighted by atomic mass is 10.2. The minimum absolute atomic E-state index is 0.296. The topological polar surface area (TPSA) is 62.2 Å². The van der Waals surface area contributed by atoms with E-state index in [9.17, 15) is 4.79 Å². The Bertz CT molecular complexity index is 760. The van der Waals surface area contributed by atoms with Crippen molar-refractivity contribution in [3.8, 4) is 11.4 Å². The van der Waals surface area contributed by atoms with E-state index in [1.807, 2.05) is 30.0 Å². The molecule has 0 radical (unpaired) electrons. The van der Waals surface area contributed by atoms with Crippen LogP contribution in [0, 0.1) is 12.8 Å². The van der Waals surface area contributed by atoms with E-state index in [1.165, 1.54) is 0 Å². The number of hydrogen-bond donors (Lipinski definition) is 0. The van der Waals surface area contributed by atoms with Crippen LogP contribution in [-0.4, -0.2) is 51.9 Å². The molecule has 6 heteroatoms. The number of aromatic nitrogens is 3. The molecule has 2 aromatic heterocycles. The van der Waals surface area contributed by atoms with Crippen LogP contribution < -0.4 is 4.90 Å². The first-order valence-electron chi connectivity index (χ1n) is 9.00. The highest BCUT2D eigenvalue weighted by atomic mass is 16.2. The second kappa shape index (κ2) is 6.78. The second-order valence-electron chi connectivity index (χ2n) is 6.87. The number of anilines is 1. The summed E-state index contributed by atoms with van der Waals surface area (Å²) in [6, 6.07) is 5.90. The first-order chi connectivity index (χ1) is 12.2. The molecule has 1 amide bonds. The number of hydrogen-bond acceptors (Lipinski definition) is 5. The predicted molar refractivity (Wildman–Crippen MR) is 96.1 cm³/mol. The zero-order valence-corrected chi connectivity index (χ0v) is 14.6. The molecular formula is C19H23N5O. The standard InChI is InChI=1S/C19H23N5O/c1-14-12-17(22-18(21-14)16-4-2-7-20-13-16)23-8-3-9-24(11-10-23)19(25)15-5-6-15/h2,4,7,12-13,15H,3,5-6,8-11H2,1H3. The molecule has 1 saturated heterocycles. The summed E-state index contributed by atoms with van der Waals surface area (Å²) >= 11 is 0. The summed E-state index contributed by atoms with van der Waals surface area (Å²) in [5.74, 6) is 2.28. The van der Waals surface area contributed by atoms with Gasteiger partial charge in [-0.3, -0.25) is 9.78 Å². The van der Waals surface area contributed by atoms with Crippen LogP contribution in [0.3, 0.4) is 0 Å². The number of carbonyl (C=O) groups is 1. The van der Waals surface area contributed by atoms with Crippen LogP contribution in [-0.2, 0) is 4.79 Å². The van der Waals surface area contributed by atoms with Gasteiger partial charge in [0.15, 0.2) is 5.82 Å². The van der Waals surface area contributed by atoms with Crippen molar-refractivity contribution in [2.75, 3.05) is 31.1 Å². The van der Waals surface area contributed by atoms with Crippen LogP contribution in [0.15, 0.2) is 30.6 Å². The third-order valence-corrected chi connectivity index (χ3v) is 4.82. The smallest absolute Gasteiger partial charge is 0.225 e. The van der Waals surface area contributed by atoms with Gasteiger partial charge in [-0.2, -0.15) is 0 Å². The number of amides is 1. The third-order valence-electron chi connectivity index (χ3n) is 4.82. The first kappa shape index (κ1) is 16.0. The van der Waals surface area contributed by atoms with Gasteiger partial charge in [0, 0.05) is 61.8 Å². The zero-order chi connectivity index (χ0) is 17.2. The van der Waals surface area contributed by atoms with Crippen LogP contribution in [0.2, 0.25) is 0 Å². The quantitative estimate of drug-likeness (QED) is 0.860. The molecule has 1 aliphatic carbocycles. The van der Waals surface area contributed by atoms with Gasteiger partial charge in [0.1, 0.15) is 5.82 Å². The molecule has 2 fully saturated rings. The summed E-state index contributed by atoms with van der Waals surface area (Å²) in [6.07, 6.45) is 6.65. The van der Waals surface area contributed by atoms with Crippen molar-refractivity contribution in [2.45, 2.75) is 26.2 Å². The molecule has 3 heterocycles. The van der Waals surface area contributed by atoms with E-state index in [4.69, 9.17) is 4.98 Å². The van der Waals surface area contributed by atoms with E-state index in [-0.39, 0.29) is 0 Å². The molecule has 6 nitrogen and oxygen atoms in total. The number of rotatable bonds is 3.